The molecule has 0 aromatic heterocycles. The zero-order chi connectivity index (χ0) is 9.26. The highest BCUT2D eigenvalue weighted by molar-refractivity contribution is 5.36. The van der Waals surface area contributed by atoms with Crippen molar-refractivity contribution in [2.45, 2.75) is 39.5 Å². The van der Waals surface area contributed by atoms with E-state index in [1.54, 1.807) is 16.8 Å². The standard InChI is InChI=1S/C12H19N/c1-3-11-7-5-9-13-8-4-6-10(2)12(11)13/h3H,4-9H2,1-2H3/b11-3-. The Balaban J connectivity index is 2.35. The second-order valence-corrected chi connectivity index (χ2v) is 4.14. The molecule has 72 valence electrons. The van der Waals surface area contributed by atoms with Gasteiger partial charge in [-0.1, -0.05) is 6.08 Å². The second-order valence-electron chi connectivity index (χ2n) is 4.14. The number of hydrogen-bond acceptors (Lipinski definition) is 1. The number of allylic oxidation sites excluding steroid dienone is 3. The minimum atomic E-state index is 1.28. The fourth-order valence-electron chi connectivity index (χ4n) is 2.60. The molecule has 2 rings (SSSR count). The van der Waals surface area contributed by atoms with E-state index in [-0.39, 0.29) is 0 Å². The van der Waals surface area contributed by atoms with Gasteiger partial charge in [0.05, 0.1) is 0 Å². The lowest BCUT2D eigenvalue weighted by molar-refractivity contribution is 0.295. The van der Waals surface area contributed by atoms with E-state index in [4.69, 9.17) is 0 Å². The van der Waals surface area contributed by atoms with E-state index >= 15 is 0 Å². The molecule has 0 aromatic carbocycles. The molecule has 0 bridgehead atoms. The molecule has 0 atom stereocenters. The molecule has 1 nitrogen and oxygen atoms in total. The van der Waals surface area contributed by atoms with E-state index in [0.717, 1.165) is 0 Å². The maximum Gasteiger partial charge on any atom is 0.0384 e. The van der Waals surface area contributed by atoms with E-state index in [1.165, 1.54) is 38.8 Å². The summed E-state index contributed by atoms with van der Waals surface area (Å²) in [4.78, 5) is 2.58. The maximum absolute atomic E-state index is 2.58. The summed E-state index contributed by atoms with van der Waals surface area (Å²) in [6.07, 6.45) is 7.60. The van der Waals surface area contributed by atoms with Crippen LogP contribution in [0.25, 0.3) is 0 Å². The zero-order valence-corrected chi connectivity index (χ0v) is 8.77. The van der Waals surface area contributed by atoms with E-state index < -0.39 is 0 Å². The van der Waals surface area contributed by atoms with Crippen molar-refractivity contribution < 1.29 is 0 Å². The molecule has 1 saturated heterocycles. The van der Waals surface area contributed by atoms with Crippen LogP contribution < -0.4 is 0 Å². The lowest BCUT2D eigenvalue weighted by Crippen LogP contribution is -2.33. The van der Waals surface area contributed by atoms with Crippen molar-refractivity contribution in [2.75, 3.05) is 13.1 Å². The van der Waals surface area contributed by atoms with Gasteiger partial charge in [0, 0.05) is 18.8 Å². The summed E-state index contributed by atoms with van der Waals surface area (Å²) in [5.41, 5.74) is 4.78. The normalized spacial score (nSPS) is 26.6. The van der Waals surface area contributed by atoms with Gasteiger partial charge in [-0.05, 0) is 50.7 Å². The van der Waals surface area contributed by atoms with Gasteiger partial charge >= 0.3 is 0 Å². The third kappa shape index (κ3) is 1.52. The highest BCUT2D eigenvalue weighted by Gasteiger charge is 2.23. The Morgan fingerprint density at radius 2 is 1.85 bits per heavy atom. The van der Waals surface area contributed by atoms with Crippen LogP contribution in [0.1, 0.15) is 39.5 Å². The highest BCUT2D eigenvalue weighted by Crippen LogP contribution is 2.33. The molecule has 0 aromatic rings. The first-order chi connectivity index (χ1) is 6.33. The molecule has 0 saturated carbocycles. The molecule has 2 aliphatic rings. The van der Waals surface area contributed by atoms with Gasteiger partial charge in [-0.15, -0.1) is 0 Å². The van der Waals surface area contributed by atoms with Crippen LogP contribution in [0.5, 0.6) is 0 Å². The maximum atomic E-state index is 2.58. The van der Waals surface area contributed by atoms with Gasteiger partial charge in [-0.2, -0.15) is 0 Å². The monoisotopic (exact) mass is 177 g/mol. The molecule has 2 aliphatic heterocycles. The van der Waals surface area contributed by atoms with Crippen LogP contribution in [0.4, 0.5) is 0 Å². The SMILES string of the molecule is C/C=C1/CCCN2CCCC(C)=C12. The summed E-state index contributed by atoms with van der Waals surface area (Å²) < 4.78 is 0. The molecule has 0 unspecified atom stereocenters. The summed E-state index contributed by atoms with van der Waals surface area (Å²) in [5, 5.41) is 0. The van der Waals surface area contributed by atoms with Crippen molar-refractivity contribution >= 4 is 0 Å². The molecule has 0 aliphatic carbocycles. The fraction of sp³-hybridized carbons (Fsp3) is 0.667. The Labute approximate surface area is 81.1 Å². The predicted octanol–water partition coefficient (Wildman–Crippen LogP) is 3.10. The van der Waals surface area contributed by atoms with Crippen molar-refractivity contribution in [3.63, 3.8) is 0 Å². The van der Waals surface area contributed by atoms with Crippen LogP contribution in [0.15, 0.2) is 22.9 Å². The van der Waals surface area contributed by atoms with Crippen LogP contribution in [0.2, 0.25) is 0 Å². The molecular weight excluding hydrogens is 158 g/mol. The third-order valence-corrected chi connectivity index (χ3v) is 3.23. The lowest BCUT2D eigenvalue weighted by Gasteiger charge is -2.38. The molecule has 0 N–H and O–H groups in total. The summed E-state index contributed by atoms with van der Waals surface area (Å²) in [6.45, 7) is 7.04. The molecule has 1 fully saturated rings. The summed E-state index contributed by atoms with van der Waals surface area (Å²) in [7, 11) is 0. The molecule has 1 heteroatoms. The van der Waals surface area contributed by atoms with Crippen LogP contribution in [0, 0.1) is 0 Å². The Morgan fingerprint density at radius 1 is 1.15 bits per heavy atom. The number of piperidine rings is 1. The van der Waals surface area contributed by atoms with E-state index in [1.807, 2.05) is 0 Å². The first-order valence-corrected chi connectivity index (χ1v) is 5.43. The number of fused-ring (bicyclic) bond motifs is 1. The largest absolute Gasteiger partial charge is 0.371 e. The van der Waals surface area contributed by atoms with Gasteiger partial charge < -0.3 is 4.90 Å². The smallest absolute Gasteiger partial charge is 0.0384 e. The Hall–Kier alpha value is -0.720. The van der Waals surface area contributed by atoms with Gasteiger partial charge in [-0.25, -0.2) is 0 Å². The van der Waals surface area contributed by atoms with E-state index in [2.05, 4.69) is 24.8 Å². The summed E-state index contributed by atoms with van der Waals surface area (Å²) in [6, 6.07) is 0. The molecule has 2 heterocycles. The molecule has 0 amide bonds. The number of nitrogens with zero attached hydrogens (tertiary/aromatic N) is 1. The minimum Gasteiger partial charge on any atom is -0.371 e. The van der Waals surface area contributed by atoms with Crippen LogP contribution in [0.3, 0.4) is 0 Å². The van der Waals surface area contributed by atoms with Crippen molar-refractivity contribution in [3.8, 4) is 0 Å². The average Bonchev–Trinajstić information content (AvgIpc) is 2.17. The topological polar surface area (TPSA) is 3.24 Å². The van der Waals surface area contributed by atoms with Crippen molar-refractivity contribution in [1.82, 2.24) is 4.90 Å². The van der Waals surface area contributed by atoms with Crippen molar-refractivity contribution in [3.05, 3.63) is 22.9 Å². The third-order valence-electron chi connectivity index (χ3n) is 3.23. The summed E-state index contributed by atoms with van der Waals surface area (Å²) in [5.74, 6) is 0. The van der Waals surface area contributed by atoms with Crippen LogP contribution >= 0.6 is 0 Å². The molecular formula is C12H19N. The van der Waals surface area contributed by atoms with E-state index in [9.17, 15) is 0 Å². The van der Waals surface area contributed by atoms with E-state index in [0.29, 0.717) is 0 Å². The predicted molar refractivity (Wildman–Crippen MR) is 56.5 cm³/mol. The second kappa shape index (κ2) is 3.57. The quantitative estimate of drug-likeness (QED) is 0.549. The minimum absolute atomic E-state index is 1.28. The van der Waals surface area contributed by atoms with Crippen molar-refractivity contribution in [2.24, 2.45) is 0 Å². The van der Waals surface area contributed by atoms with Gasteiger partial charge in [-0.3, -0.25) is 0 Å². The van der Waals surface area contributed by atoms with Gasteiger partial charge in [0.25, 0.3) is 0 Å². The highest BCUT2D eigenvalue weighted by atomic mass is 15.1. The Kier molecular flexibility index (Phi) is 2.43. The Bertz CT molecular complexity index is 260. The van der Waals surface area contributed by atoms with Crippen molar-refractivity contribution in [1.29, 1.82) is 0 Å². The molecule has 0 radical (unpaired) electrons. The first-order valence-electron chi connectivity index (χ1n) is 5.43. The summed E-state index contributed by atoms with van der Waals surface area (Å²) >= 11 is 0. The fourth-order valence-corrected chi connectivity index (χ4v) is 2.60. The Morgan fingerprint density at radius 3 is 2.54 bits per heavy atom. The van der Waals surface area contributed by atoms with Gasteiger partial charge in [0.15, 0.2) is 0 Å². The molecule has 13 heavy (non-hydrogen) atoms. The lowest BCUT2D eigenvalue weighted by atomic mass is 9.92. The average molecular weight is 177 g/mol. The molecule has 0 spiro atoms. The van der Waals surface area contributed by atoms with Crippen LogP contribution in [-0.4, -0.2) is 18.0 Å². The van der Waals surface area contributed by atoms with Gasteiger partial charge in [0.1, 0.15) is 0 Å². The van der Waals surface area contributed by atoms with Crippen LogP contribution in [-0.2, 0) is 0 Å². The van der Waals surface area contributed by atoms with Gasteiger partial charge in [0.2, 0.25) is 0 Å². The number of hydrogen-bond donors (Lipinski definition) is 0. The zero-order valence-electron chi connectivity index (χ0n) is 8.77. The first kappa shape index (κ1) is 8.86. The number of rotatable bonds is 0.